The minimum atomic E-state index is -0.0843. The van der Waals surface area contributed by atoms with E-state index in [2.05, 4.69) is 16.5 Å². The Labute approximate surface area is 110 Å². The fourth-order valence-electron chi connectivity index (χ4n) is 3.29. The van der Waals surface area contributed by atoms with Crippen molar-refractivity contribution in [3.63, 3.8) is 0 Å². The highest BCUT2D eigenvalue weighted by Gasteiger charge is 2.40. The number of ether oxygens (including phenoxy) is 1. The molecule has 0 aliphatic heterocycles. The van der Waals surface area contributed by atoms with E-state index in [4.69, 9.17) is 4.74 Å². The van der Waals surface area contributed by atoms with E-state index in [9.17, 15) is 0 Å². The Morgan fingerprint density at radius 2 is 2.00 bits per heavy atom. The summed E-state index contributed by atoms with van der Waals surface area (Å²) >= 11 is 0. The summed E-state index contributed by atoms with van der Waals surface area (Å²) in [6.07, 6.45) is 9.27. The van der Waals surface area contributed by atoms with Crippen molar-refractivity contribution < 1.29 is 4.74 Å². The first-order valence-corrected chi connectivity index (χ1v) is 6.94. The summed E-state index contributed by atoms with van der Waals surface area (Å²) in [7, 11) is 5.87. The van der Waals surface area contributed by atoms with Crippen molar-refractivity contribution in [1.29, 1.82) is 0 Å². The lowest BCUT2D eigenvalue weighted by Crippen LogP contribution is -2.45. The van der Waals surface area contributed by atoms with Gasteiger partial charge in [0.2, 0.25) is 0 Å². The molecular weight excluding hydrogens is 226 g/mol. The molecule has 1 unspecified atom stereocenters. The molecule has 0 aromatic carbocycles. The second-order valence-corrected chi connectivity index (χ2v) is 5.28. The van der Waals surface area contributed by atoms with Crippen LogP contribution in [0.4, 0.5) is 0 Å². The zero-order valence-electron chi connectivity index (χ0n) is 11.8. The van der Waals surface area contributed by atoms with E-state index < -0.39 is 0 Å². The highest BCUT2D eigenvalue weighted by molar-refractivity contribution is 5.13. The van der Waals surface area contributed by atoms with Gasteiger partial charge in [-0.15, -0.1) is 0 Å². The minimum Gasteiger partial charge on any atom is -0.376 e. The van der Waals surface area contributed by atoms with Gasteiger partial charge in [0.15, 0.2) is 0 Å². The summed E-state index contributed by atoms with van der Waals surface area (Å²) in [5.74, 6) is 0. The van der Waals surface area contributed by atoms with Crippen molar-refractivity contribution in [3.05, 3.63) is 18.0 Å². The van der Waals surface area contributed by atoms with Crippen molar-refractivity contribution in [2.75, 3.05) is 14.2 Å². The van der Waals surface area contributed by atoms with Crippen molar-refractivity contribution in [2.45, 2.75) is 50.2 Å². The fourth-order valence-corrected chi connectivity index (χ4v) is 3.29. The summed E-state index contributed by atoms with van der Waals surface area (Å²) in [5.41, 5.74) is 1.13. The maximum Gasteiger partial charge on any atom is 0.0887 e. The third-order valence-corrected chi connectivity index (χ3v) is 4.33. The summed E-state index contributed by atoms with van der Waals surface area (Å²) < 4.78 is 7.94. The van der Waals surface area contributed by atoms with E-state index >= 15 is 0 Å². The van der Waals surface area contributed by atoms with Crippen molar-refractivity contribution in [1.82, 2.24) is 15.1 Å². The zero-order chi connectivity index (χ0) is 13.0. The Morgan fingerprint density at radius 3 is 2.44 bits per heavy atom. The van der Waals surface area contributed by atoms with E-state index in [0.717, 1.165) is 12.8 Å². The smallest absolute Gasteiger partial charge is 0.0887 e. The number of rotatable bonds is 4. The zero-order valence-corrected chi connectivity index (χ0v) is 11.8. The fraction of sp³-hybridized carbons (Fsp3) is 0.786. The second-order valence-electron chi connectivity index (χ2n) is 5.28. The van der Waals surface area contributed by atoms with Crippen LogP contribution in [0.1, 0.15) is 50.3 Å². The SMILES string of the molecule is CNC(c1ccnn1C)C1(OC)CCCCCC1. The molecule has 102 valence electrons. The number of hydrogen-bond donors (Lipinski definition) is 1. The Kier molecular flexibility index (Phi) is 4.40. The van der Waals surface area contributed by atoms with Gasteiger partial charge in [-0.05, 0) is 26.0 Å². The van der Waals surface area contributed by atoms with E-state index in [-0.39, 0.29) is 11.6 Å². The number of nitrogens with one attached hydrogen (secondary N) is 1. The largest absolute Gasteiger partial charge is 0.376 e. The van der Waals surface area contributed by atoms with Crippen LogP contribution in [0.2, 0.25) is 0 Å². The number of aromatic nitrogens is 2. The monoisotopic (exact) mass is 251 g/mol. The van der Waals surface area contributed by atoms with E-state index in [1.54, 1.807) is 0 Å². The molecule has 4 nitrogen and oxygen atoms in total. The van der Waals surface area contributed by atoms with Crippen LogP contribution in [-0.4, -0.2) is 29.5 Å². The highest BCUT2D eigenvalue weighted by Crippen LogP contribution is 2.39. The van der Waals surface area contributed by atoms with Gasteiger partial charge in [-0.2, -0.15) is 5.10 Å². The van der Waals surface area contributed by atoms with Gasteiger partial charge in [-0.3, -0.25) is 4.68 Å². The molecule has 4 heteroatoms. The molecule has 1 N–H and O–H groups in total. The molecule has 1 aromatic heterocycles. The lowest BCUT2D eigenvalue weighted by atomic mass is 9.84. The Balaban J connectivity index is 2.30. The third kappa shape index (κ3) is 2.45. The van der Waals surface area contributed by atoms with Crippen LogP contribution in [0.25, 0.3) is 0 Å². The lowest BCUT2D eigenvalue weighted by molar-refractivity contribution is -0.0541. The van der Waals surface area contributed by atoms with Gasteiger partial charge in [-0.1, -0.05) is 25.7 Å². The molecule has 2 rings (SSSR count). The predicted molar refractivity (Wildman–Crippen MR) is 72.5 cm³/mol. The van der Waals surface area contributed by atoms with Crippen molar-refractivity contribution >= 4 is 0 Å². The quantitative estimate of drug-likeness (QED) is 0.835. The molecule has 1 saturated carbocycles. The van der Waals surface area contributed by atoms with Crippen molar-refractivity contribution in [3.8, 4) is 0 Å². The van der Waals surface area contributed by atoms with Crippen LogP contribution in [0, 0.1) is 0 Å². The normalized spacial score (nSPS) is 21.5. The van der Waals surface area contributed by atoms with Crippen LogP contribution in [0.5, 0.6) is 0 Å². The molecule has 1 aromatic rings. The number of aryl methyl sites for hydroxylation is 1. The molecule has 0 saturated heterocycles. The number of hydrogen-bond acceptors (Lipinski definition) is 3. The maximum atomic E-state index is 5.99. The molecule has 0 bridgehead atoms. The number of methoxy groups -OCH3 is 1. The van der Waals surface area contributed by atoms with Gasteiger partial charge >= 0.3 is 0 Å². The first-order chi connectivity index (χ1) is 8.73. The van der Waals surface area contributed by atoms with Crippen LogP contribution >= 0.6 is 0 Å². The van der Waals surface area contributed by atoms with E-state index in [0.29, 0.717) is 0 Å². The summed E-state index contributed by atoms with van der Waals surface area (Å²) in [4.78, 5) is 0. The van der Waals surface area contributed by atoms with E-state index in [1.807, 2.05) is 32.1 Å². The van der Waals surface area contributed by atoms with E-state index in [1.165, 1.54) is 31.4 Å². The predicted octanol–water partition coefficient (Wildman–Crippen LogP) is 2.42. The molecule has 1 aliphatic rings. The van der Waals surface area contributed by atoms with Crippen LogP contribution in [0.15, 0.2) is 12.3 Å². The van der Waals surface area contributed by atoms with Gasteiger partial charge in [-0.25, -0.2) is 0 Å². The molecule has 0 radical (unpaired) electrons. The molecule has 0 amide bonds. The summed E-state index contributed by atoms with van der Waals surface area (Å²) in [5, 5.41) is 7.74. The average Bonchev–Trinajstić information content (AvgIpc) is 2.67. The molecule has 1 fully saturated rings. The third-order valence-electron chi connectivity index (χ3n) is 4.33. The second kappa shape index (κ2) is 5.85. The van der Waals surface area contributed by atoms with Crippen molar-refractivity contribution in [2.24, 2.45) is 7.05 Å². The summed E-state index contributed by atoms with van der Waals surface area (Å²) in [6, 6.07) is 2.31. The minimum absolute atomic E-state index is 0.0843. The Morgan fingerprint density at radius 1 is 1.33 bits per heavy atom. The van der Waals surface area contributed by atoms with Gasteiger partial charge in [0.1, 0.15) is 0 Å². The average molecular weight is 251 g/mol. The van der Waals surface area contributed by atoms with Gasteiger partial charge in [0, 0.05) is 20.4 Å². The molecular formula is C14H25N3O. The Bertz CT molecular complexity index is 367. The standard InChI is InChI=1S/C14H25N3O/c1-15-13(12-8-11-16-17(12)2)14(18-3)9-6-4-5-7-10-14/h8,11,13,15H,4-7,9-10H2,1-3H3. The van der Waals surface area contributed by atoms with Crippen LogP contribution in [-0.2, 0) is 11.8 Å². The molecule has 1 heterocycles. The van der Waals surface area contributed by atoms with Gasteiger partial charge in [0.05, 0.1) is 17.3 Å². The maximum absolute atomic E-state index is 5.99. The lowest BCUT2D eigenvalue weighted by Gasteiger charge is -2.39. The molecule has 1 aliphatic carbocycles. The summed E-state index contributed by atoms with van der Waals surface area (Å²) in [6.45, 7) is 0. The molecule has 0 spiro atoms. The molecule has 18 heavy (non-hydrogen) atoms. The number of nitrogens with zero attached hydrogens (tertiary/aromatic N) is 2. The van der Waals surface area contributed by atoms with Crippen LogP contribution < -0.4 is 5.32 Å². The van der Waals surface area contributed by atoms with Gasteiger partial charge < -0.3 is 10.1 Å². The first-order valence-electron chi connectivity index (χ1n) is 6.94. The Hall–Kier alpha value is -0.870. The number of likely N-dealkylation sites (N-methyl/N-ethyl adjacent to an activating group) is 1. The first kappa shape index (κ1) is 13.6. The topological polar surface area (TPSA) is 39.1 Å². The highest BCUT2D eigenvalue weighted by atomic mass is 16.5. The van der Waals surface area contributed by atoms with Crippen LogP contribution in [0.3, 0.4) is 0 Å². The van der Waals surface area contributed by atoms with Gasteiger partial charge in [0.25, 0.3) is 0 Å². The molecule has 1 atom stereocenters.